The van der Waals surface area contributed by atoms with Crippen LogP contribution in [0.25, 0.3) is 10.2 Å². The van der Waals surface area contributed by atoms with Crippen LogP contribution in [0.4, 0.5) is 0 Å². The lowest BCUT2D eigenvalue weighted by Crippen LogP contribution is -1.84. The fourth-order valence-electron chi connectivity index (χ4n) is 1.19. The first-order valence-corrected chi connectivity index (χ1v) is 4.85. The van der Waals surface area contributed by atoms with Crippen LogP contribution in [0.2, 0.25) is 0 Å². The zero-order chi connectivity index (χ0) is 9.42. The van der Waals surface area contributed by atoms with E-state index in [1.165, 1.54) is 16.9 Å². The van der Waals surface area contributed by atoms with E-state index in [0.717, 1.165) is 10.2 Å². The van der Waals surface area contributed by atoms with Gasteiger partial charge in [-0.25, -0.2) is 4.98 Å². The maximum absolute atomic E-state index is 7.41. The Morgan fingerprint density at radius 2 is 2.33 bits per heavy atom. The number of nitrogens with zero attached hydrogens (tertiary/aromatic N) is 1. The van der Waals surface area contributed by atoms with Crippen LogP contribution in [0.5, 0.6) is 0 Å². The highest BCUT2D eigenvalue weighted by molar-refractivity contribution is 7.16. The molecule has 0 aliphatic heterocycles. The molecule has 0 unspecified atom stereocenters. The largest absolute Gasteiger partial charge is 0.245 e. The van der Waals surface area contributed by atoms with Gasteiger partial charge in [-0.15, -0.1) is 11.3 Å². The zero-order valence-electron chi connectivity index (χ0n) is 8.16. The van der Waals surface area contributed by atoms with Crippen LogP contribution in [-0.2, 0) is 0 Å². The van der Waals surface area contributed by atoms with Crippen molar-refractivity contribution in [2.75, 3.05) is 0 Å². The Morgan fingerprint density at radius 3 is 3.08 bits per heavy atom. The molecule has 2 aromatic rings. The van der Waals surface area contributed by atoms with Crippen LogP contribution in [0, 0.1) is 0 Å². The van der Waals surface area contributed by atoms with Crippen LogP contribution >= 0.6 is 11.3 Å². The third kappa shape index (κ3) is 1.23. The zero-order valence-corrected chi connectivity index (χ0v) is 7.98. The molecule has 2 rings (SSSR count). The number of hydrogen-bond donors (Lipinski definition) is 0. The summed E-state index contributed by atoms with van der Waals surface area (Å²) >= 11 is 1.44. The van der Waals surface area contributed by atoms with E-state index in [2.05, 4.69) is 31.0 Å². The monoisotopic (exact) mass is 179 g/mol. The smallest absolute Gasteiger partial charge is 0.0960 e. The minimum Gasteiger partial charge on any atom is -0.245 e. The van der Waals surface area contributed by atoms with Gasteiger partial charge in [0.15, 0.2) is 0 Å². The Hall–Kier alpha value is -0.890. The fraction of sp³-hybridized carbons (Fsp3) is 0.300. The van der Waals surface area contributed by atoms with E-state index in [0.29, 0.717) is 11.4 Å². The lowest BCUT2D eigenvalue weighted by molar-refractivity contribution is 0.869. The highest BCUT2D eigenvalue weighted by atomic mass is 32.1. The normalized spacial score (nSPS) is 12.4. The van der Waals surface area contributed by atoms with Gasteiger partial charge in [-0.1, -0.05) is 19.9 Å². The van der Waals surface area contributed by atoms with Crippen LogP contribution in [-0.4, -0.2) is 4.98 Å². The van der Waals surface area contributed by atoms with Crippen molar-refractivity contribution in [3.8, 4) is 0 Å². The second-order valence-corrected chi connectivity index (χ2v) is 4.01. The average Bonchev–Trinajstić information content (AvgIpc) is 2.42. The van der Waals surface area contributed by atoms with Crippen molar-refractivity contribution in [3.05, 3.63) is 29.2 Å². The third-order valence-corrected chi connectivity index (χ3v) is 2.70. The molecular formula is C10H11NS. The summed E-state index contributed by atoms with van der Waals surface area (Å²) < 4.78 is 8.53. The first kappa shape index (κ1) is 6.61. The quantitative estimate of drug-likeness (QED) is 0.653. The van der Waals surface area contributed by atoms with Crippen molar-refractivity contribution in [1.82, 2.24) is 4.98 Å². The molecule has 1 heterocycles. The number of benzene rings is 1. The second-order valence-electron chi connectivity index (χ2n) is 3.19. The standard InChI is InChI=1S/C10H11NS/c1-7(2)8-3-4-9-10(5-8)12-6-11-9/h3-7H,1-2H3/i6T. The molecule has 1 aromatic heterocycles. The molecule has 0 atom stereocenters. The number of fused-ring (bicyclic) bond motifs is 1. The van der Waals surface area contributed by atoms with Crippen LogP contribution < -0.4 is 0 Å². The lowest BCUT2D eigenvalue weighted by atomic mass is 10.0. The van der Waals surface area contributed by atoms with Gasteiger partial charge < -0.3 is 0 Å². The van der Waals surface area contributed by atoms with E-state index in [-0.39, 0.29) is 0 Å². The molecule has 2 heteroatoms. The van der Waals surface area contributed by atoms with Crippen molar-refractivity contribution in [3.63, 3.8) is 0 Å². The molecule has 0 spiro atoms. The van der Waals surface area contributed by atoms with Gasteiger partial charge in [-0.05, 0) is 23.6 Å². The summed E-state index contributed by atoms with van der Waals surface area (Å²) in [5, 5.41) is 0. The van der Waals surface area contributed by atoms with E-state index >= 15 is 0 Å². The molecule has 0 N–H and O–H groups in total. The molecule has 0 saturated carbocycles. The molecule has 1 aromatic carbocycles. The maximum Gasteiger partial charge on any atom is 0.0960 e. The molecule has 0 bridgehead atoms. The molecule has 0 radical (unpaired) electrons. The number of rotatable bonds is 1. The Kier molecular flexibility index (Phi) is 1.58. The summed E-state index contributed by atoms with van der Waals surface area (Å²) in [6.07, 6.45) is 0. The van der Waals surface area contributed by atoms with Crippen LogP contribution in [0.3, 0.4) is 0 Å². The fourth-order valence-corrected chi connectivity index (χ4v) is 1.84. The van der Waals surface area contributed by atoms with Crippen molar-refractivity contribution < 1.29 is 1.37 Å². The highest BCUT2D eigenvalue weighted by Gasteiger charge is 2.01. The summed E-state index contributed by atoms with van der Waals surface area (Å²) in [6, 6.07) is 6.22. The summed E-state index contributed by atoms with van der Waals surface area (Å²) in [6.45, 7) is 4.34. The van der Waals surface area contributed by atoms with Gasteiger partial charge in [-0.3, -0.25) is 0 Å². The van der Waals surface area contributed by atoms with E-state index in [4.69, 9.17) is 1.37 Å². The number of aromatic nitrogens is 1. The summed E-state index contributed by atoms with van der Waals surface area (Å²) in [5.41, 5.74) is 2.66. The molecule has 1 nitrogen and oxygen atoms in total. The van der Waals surface area contributed by atoms with E-state index < -0.39 is 0 Å². The highest BCUT2D eigenvalue weighted by Crippen LogP contribution is 2.23. The third-order valence-electron chi connectivity index (χ3n) is 1.97. The first-order valence-electron chi connectivity index (χ1n) is 4.54. The predicted octanol–water partition coefficient (Wildman–Crippen LogP) is 3.42. The van der Waals surface area contributed by atoms with E-state index in [1.807, 2.05) is 6.07 Å². The number of thiazole rings is 1. The van der Waals surface area contributed by atoms with Crippen LogP contribution in [0.1, 0.15) is 26.7 Å². The number of hydrogen-bond acceptors (Lipinski definition) is 2. The van der Waals surface area contributed by atoms with Gasteiger partial charge in [0.1, 0.15) is 0 Å². The molecule has 62 valence electrons. The average molecular weight is 179 g/mol. The predicted molar refractivity (Wildman–Crippen MR) is 53.7 cm³/mol. The topological polar surface area (TPSA) is 12.9 Å². The van der Waals surface area contributed by atoms with Gasteiger partial charge in [0, 0.05) is 0 Å². The molecule has 0 aliphatic rings. The van der Waals surface area contributed by atoms with Crippen molar-refractivity contribution in [2.24, 2.45) is 0 Å². The van der Waals surface area contributed by atoms with E-state index in [9.17, 15) is 0 Å². The molecule has 0 saturated heterocycles. The lowest BCUT2D eigenvalue weighted by Gasteiger charge is -2.03. The molecule has 12 heavy (non-hydrogen) atoms. The summed E-state index contributed by atoms with van der Waals surface area (Å²) in [4.78, 5) is 4.10. The van der Waals surface area contributed by atoms with Crippen molar-refractivity contribution in [1.29, 1.82) is 0 Å². The Balaban J connectivity index is 2.61. The maximum atomic E-state index is 7.41. The second kappa shape index (κ2) is 2.87. The molecular weight excluding hydrogens is 166 g/mol. The minimum absolute atomic E-state index is 0.399. The Bertz CT molecular complexity index is 433. The van der Waals surface area contributed by atoms with Crippen LogP contribution in [0.15, 0.2) is 23.7 Å². The van der Waals surface area contributed by atoms with Gasteiger partial charge in [0.25, 0.3) is 0 Å². The summed E-state index contributed by atoms with van der Waals surface area (Å²) in [5.74, 6) is 0.542. The SMILES string of the molecule is [3H]c1nc2ccc(C(C)C)cc2s1. The van der Waals surface area contributed by atoms with Gasteiger partial charge in [0.05, 0.1) is 17.1 Å². The Labute approximate surface area is 77.5 Å². The first-order chi connectivity index (χ1) is 6.16. The van der Waals surface area contributed by atoms with Crippen molar-refractivity contribution in [2.45, 2.75) is 19.8 Å². The van der Waals surface area contributed by atoms with Gasteiger partial charge in [0.2, 0.25) is 0 Å². The van der Waals surface area contributed by atoms with Gasteiger partial charge in [-0.2, -0.15) is 0 Å². The summed E-state index contributed by atoms with van der Waals surface area (Å²) in [7, 11) is 0. The molecule has 0 aliphatic carbocycles. The molecule has 0 amide bonds. The van der Waals surface area contributed by atoms with Crippen molar-refractivity contribution >= 4 is 21.6 Å². The van der Waals surface area contributed by atoms with E-state index in [1.54, 1.807) is 0 Å². The minimum atomic E-state index is 0.399. The molecule has 0 fully saturated rings. The van der Waals surface area contributed by atoms with Gasteiger partial charge >= 0.3 is 0 Å². The Morgan fingerprint density at radius 1 is 1.50 bits per heavy atom.